The Morgan fingerprint density at radius 2 is 1.39 bits per heavy atom. The van der Waals surface area contributed by atoms with Gasteiger partial charge in [0.1, 0.15) is 0 Å². The molecule has 207 valence electrons. The van der Waals surface area contributed by atoms with Gasteiger partial charge in [0.25, 0.3) is 0 Å². The Kier molecular flexibility index (Phi) is 13.2. The molecule has 0 N–H and O–H groups in total. The number of nitrogens with zero attached hydrogens (tertiary/aromatic N) is 8. The molecule has 0 spiro atoms. The van der Waals surface area contributed by atoms with Crippen molar-refractivity contribution in [1.29, 1.82) is 0 Å². The molecule has 6 unspecified atom stereocenters. The van der Waals surface area contributed by atoms with Gasteiger partial charge in [0.15, 0.2) is 0 Å². The maximum atomic E-state index is 5.02. The van der Waals surface area contributed by atoms with Crippen LogP contribution >= 0.6 is 132 Å². The van der Waals surface area contributed by atoms with Crippen molar-refractivity contribution >= 4 is 175 Å². The summed E-state index contributed by atoms with van der Waals surface area (Å²) >= 11 is 0. The molecule has 3 aliphatic rings. The van der Waals surface area contributed by atoms with E-state index in [9.17, 15) is 0 Å². The van der Waals surface area contributed by atoms with E-state index in [-0.39, 0.29) is 17.1 Å². The van der Waals surface area contributed by atoms with E-state index < -0.39 is 0 Å². The molecule has 3 aromatic heterocycles. The molecule has 0 fully saturated rings. The molecule has 8 bridgehead atoms. The van der Waals surface area contributed by atoms with Gasteiger partial charge < -0.3 is 29.9 Å². The van der Waals surface area contributed by atoms with Crippen LogP contribution in [-0.4, -0.2) is 40.5 Å². The van der Waals surface area contributed by atoms with E-state index in [0.717, 1.165) is 81.2 Å². The van der Waals surface area contributed by atoms with Gasteiger partial charge >= 0.3 is 17.1 Å². The quantitative estimate of drug-likeness (QED) is 0.149. The van der Waals surface area contributed by atoms with Crippen LogP contribution in [-0.2, 0) is 17.1 Å². The molecule has 6 heterocycles. The summed E-state index contributed by atoms with van der Waals surface area (Å²) in [6, 6.07) is 0. The predicted molar refractivity (Wildman–Crippen MR) is 210 cm³/mol. The molecule has 0 saturated carbocycles. The minimum Gasteiger partial charge on any atom is -0.357 e. The zero-order valence-corrected chi connectivity index (χ0v) is 36.6. The van der Waals surface area contributed by atoms with Crippen LogP contribution in [0, 0.1) is 0 Å². The normalized spacial score (nSPS) is 15.7. The van der Waals surface area contributed by atoms with E-state index in [0.29, 0.717) is 54.2 Å². The van der Waals surface area contributed by atoms with Crippen molar-refractivity contribution in [3.63, 3.8) is 0 Å². The van der Waals surface area contributed by atoms with Crippen LogP contribution in [0.5, 0.6) is 0 Å². The minimum absolute atomic E-state index is 0. The molecule has 6 rings (SSSR count). The van der Waals surface area contributed by atoms with Crippen molar-refractivity contribution < 1.29 is 17.1 Å². The Balaban J connectivity index is 0.00000337. The van der Waals surface area contributed by atoms with Gasteiger partial charge in [-0.15, -0.1) is 36.3 Å². The first-order valence-electron chi connectivity index (χ1n) is 10.6. The Bertz CT molecular complexity index is 1930. The summed E-state index contributed by atoms with van der Waals surface area (Å²) < 4.78 is 0. The van der Waals surface area contributed by atoms with Gasteiger partial charge in [-0.05, 0) is 74.9 Å². The van der Waals surface area contributed by atoms with Crippen LogP contribution in [0.15, 0.2) is 0 Å². The number of hydrogen-bond donors (Lipinski definition) is 0. The van der Waals surface area contributed by atoms with Gasteiger partial charge in [-0.2, -0.15) is 0 Å². The smallest absolute Gasteiger partial charge is 0.357 e. The summed E-state index contributed by atoms with van der Waals surface area (Å²) in [6.07, 6.45) is 0. The van der Waals surface area contributed by atoms with Crippen molar-refractivity contribution in [1.82, 2.24) is 39.9 Å². The third-order valence-corrected chi connectivity index (χ3v) is 24.1. The Labute approximate surface area is 275 Å². The number of hydrogen-bond acceptors (Lipinski definition) is 6. The first-order valence-corrected chi connectivity index (χ1v) is 30.7. The molecule has 1 radical (unpaired) electrons. The van der Waals surface area contributed by atoms with Crippen molar-refractivity contribution in [2.24, 2.45) is 0 Å². The molecule has 6 atom stereocenters. The fraction of sp³-hybridized carbons (Fsp3) is 0. The van der Waals surface area contributed by atoms with Crippen LogP contribution in [0.1, 0.15) is 23.3 Å². The topological polar surface area (TPSA) is 106 Å². The average molecular weight is 875 g/mol. The van der Waals surface area contributed by atoms with Gasteiger partial charge in [-0.3, -0.25) is 0 Å². The minimum atomic E-state index is 0. The molecule has 8 nitrogen and oxygen atoms in total. The summed E-state index contributed by atoms with van der Waals surface area (Å²) in [4.78, 5) is 39.5. The van der Waals surface area contributed by atoms with E-state index in [1.807, 2.05) is 0 Å². The summed E-state index contributed by atoms with van der Waals surface area (Å²) in [5.41, 5.74) is 1.22. The first-order chi connectivity index (χ1) is 19.4. The van der Waals surface area contributed by atoms with Gasteiger partial charge in [-0.25, -0.2) is 9.97 Å². The molecule has 25 heteroatoms. The van der Waals surface area contributed by atoms with E-state index in [4.69, 9.17) is 39.9 Å². The third kappa shape index (κ3) is 7.15. The number of rotatable bonds is 3. The largest absolute Gasteiger partial charge is 2.00 e. The SMILES string of the molecule is P=C1C(=PPP)c2nc3nc(nc4[n-]c(nc5nc(nc1[n-]2)-c1ppppc1-5)c(P=PP)c4P)C(P)=C3P=PP.[Cu+2]. The van der Waals surface area contributed by atoms with E-state index >= 15 is 0 Å². The molecular formula is C16H12CuN8P16. The van der Waals surface area contributed by atoms with Crippen molar-refractivity contribution in [3.8, 4) is 22.2 Å². The molecule has 0 aromatic carbocycles. The second-order valence-electron chi connectivity index (χ2n) is 7.48. The summed E-state index contributed by atoms with van der Waals surface area (Å²) in [5, 5.41) is 7.85. The van der Waals surface area contributed by atoms with Crippen molar-refractivity contribution in [2.45, 2.75) is 0 Å². The van der Waals surface area contributed by atoms with E-state index in [1.165, 1.54) is 30.8 Å². The van der Waals surface area contributed by atoms with Crippen LogP contribution < -0.4 is 20.6 Å². The maximum Gasteiger partial charge on any atom is 2.00 e. The molecule has 3 aliphatic heterocycles. The summed E-state index contributed by atoms with van der Waals surface area (Å²) in [7, 11) is 28.7. The van der Waals surface area contributed by atoms with Gasteiger partial charge in [0, 0.05) is 60.1 Å². The summed E-state index contributed by atoms with van der Waals surface area (Å²) in [5.74, 6) is 3.69. The van der Waals surface area contributed by atoms with Crippen molar-refractivity contribution in [3.05, 3.63) is 23.3 Å². The summed E-state index contributed by atoms with van der Waals surface area (Å²) in [6.45, 7) is 0. The van der Waals surface area contributed by atoms with Crippen LogP contribution in [0.2, 0.25) is 0 Å². The molecule has 0 amide bonds. The molecular weight excluding hydrogens is 863 g/mol. The maximum absolute atomic E-state index is 5.02. The Morgan fingerprint density at radius 3 is 2.07 bits per heavy atom. The fourth-order valence-corrected chi connectivity index (χ4v) is 21.8. The monoisotopic (exact) mass is 875 g/mol. The molecule has 0 aliphatic carbocycles. The molecule has 0 saturated heterocycles. The third-order valence-electron chi connectivity index (χ3n) is 5.25. The fourth-order valence-electron chi connectivity index (χ4n) is 3.56. The number of fused-ring (bicyclic) bond motifs is 11. The second-order valence-corrected chi connectivity index (χ2v) is 29.5. The average Bonchev–Trinajstić information content (AvgIpc) is 3.62. The molecule has 3 aromatic rings. The number of aromatic nitrogens is 8. The van der Waals surface area contributed by atoms with E-state index in [1.54, 1.807) is 0 Å². The zero-order valence-electron chi connectivity index (χ0n) is 19.8. The van der Waals surface area contributed by atoms with Gasteiger partial charge in [0.2, 0.25) is 0 Å². The first kappa shape index (κ1) is 34.7. The van der Waals surface area contributed by atoms with Gasteiger partial charge in [-0.1, -0.05) is 25.7 Å². The van der Waals surface area contributed by atoms with Crippen LogP contribution in [0.3, 0.4) is 0 Å². The molecule has 41 heavy (non-hydrogen) atoms. The second kappa shape index (κ2) is 15.5. The van der Waals surface area contributed by atoms with Crippen molar-refractivity contribution in [2.75, 3.05) is 0 Å². The predicted octanol–water partition coefficient (Wildman–Crippen LogP) is 8.76. The van der Waals surface area contributed by atoms with E-state index in [2.05, 4.69) is 54.1 Å². The zero-order chi connectivity index (χ0) is 28.0. The Morgan fingerprint density at radius 1 is 0.756 bits per heavy atom. The van der Waals surface area contributed by atoms with Crippen LogP contribution in [0.25, 0.3) is 44.2 Å². The standard InChI is InChI=1S/C16H12N8P16.Cu/c25-1-4(31-36-28)12-18-9(1)17-10-2(26)5(32-37-29)14(19-10)23-16-8-7(34-39-40-35-8)15(24-16)21-11-3(27)6(33-38-30)13(20-11)22-12;/h27,38H,25-26,28-30H2;/q-2;+2. The van der Waals surface area contributed by atoms with Gasteiger partial charge in [0.05, 0.1) is 23.3 Å². The van der Waals surface area contributed by atoms with Crippen LogP contribution in [0.4, 0.5) is 0 Å². The Hall–Kier alpha value is 2.42.